The van der Waals surface area contributed by atoms with Gasteiger partial charge in [-0.1, -0.05) is 6.42 Å². The molecule has 2 aliphatic rings. The third kappa shape index (κ3) is 1.85. The van der Waals surface area contributed by atoms with Crippen LogP contribution in [-0.4, -0.2) is 55.1 Å². The molecule has 0 aromatic rings. The summed E-state index contributed by atoms with van der Waals surface area (Å²) in [6.07, 6.45) is 4.04. The number of hydrogen-bond acceptors (Lipinski definition) is 2. The number of carbonyl (C=O) groups excluding carboxylic acids is 1. The van der Waals surface area contributed by atoms with Gasteiger partial charge in [0, 0.05) is 26.2 Å². The fourth-order valence-electron chi connectivity index (χ4n) is 2.29. The van der Waals surface area contributed by atoms with Crippen LogP contribution in [0.25, 0.3) is 0 Å². The van der Waals surface area contributed by atoms with E-state index in [1.54, 1.807) is 7.05 Å². The Labute approximate surface area is 85.2 Å². The summed E-state index contributed by atoms with van der Waals surface area (Å²) in [5.74, 6) is 0. The summed E-state index contributed by atoms with van der Waals surface area (Å²) >= 11 is 0. The molecular weight excluding hydrogens is 178 g/mol. The van der Waals surface area contributed by atoms with E-state index in [1.165, 1.54) is 32.4 Å². The molecular formula is C10H19N3O. The molecule has 4 heteroatoms. The molecule has 0 unspecified atom stereocenters. The molecule has 0 atom stereocenters. The molecule has 0 radical (unpaired) electrons. The van der Waals surface area contributed by atoms with Crippen molar-refractivity contribution < 1.29 is 4.79 Å². The highest BCUT2D eigenvalue weighted by atomic mass is 16.2. The van der Waals surface area contributed by atoms with E-state index in [9.17, 15) is 4.79 Å². The first-order valence-corrected chi connectivity index (χ1v) is 5.52. The number of nitrogens with one attached hydrogen (secondary N) is 1. The minimum absolute atomic E-state index is 0.0678. The molecule has 1 N–H and O–H groups in total. The highest BCUT2D eigenvalue weighted by Crippen LogP contribution is 2.19. The van der Waals surface area contributed by atoms with Crippen molar-refractivity contribution >= 4 is 6.03 Å². The van der Waals surface area contributed by atoms with Gasteiger partial charge in [0.2, 0.25) is 0 Å². The van der Waals surface area contributed by atoms with E-state index in [0.29, 0.717) is 6.04 Å². The maximum Gasteiger partial charge on any atom is 0.317 e. The van der Waals surface area contributed by atoms with E-state index in [1.807, 2.05) is 4.90 Å². The Bertz CT molecular complexity index is 207. The van der Waals surface area contributed by atoms with Crippen LogP contribution in [-0.2, 0) is 0 Å². The van der Waals surface area contributed by atoms with E-state index in [-0.39, 0.29) is 6.03 Å². The van der Waals surface area contributed by atoms with Gasteiger partial charge in [-0.3, -0.25) is 4.90 Å². The molecule has 80 valence electrons. The molecule has 2 fully saturated rings. The van der Waals surface area contributed by atoms with Gasteiger partial charge in [-0.15, -0.1) is 0 Å². The predicted molar refractivity (Wildman–Crippen MR) is 55.2 cm³/mol. The standard InChI is InChI=1S/C10H19N3O/c1-11-10(14)13-7-9(8-13)12-5-3-2-4-6-12/h9H,2-8H2,1H3,(H,11,14). The van der Waals surface area contributed by atoms with E-state index < -0.39 is 0 Å². The molecule has 0 aromatic heterocycles. The van der Waals surface area contributed by atoms with Gasteiger partial charge in [0.1, 0.15) is 0 Å². The maximum absolute atomic E-state index is 11.2. The third-order valence-corrected chi connectivity index (χ3v) is 3.27. The Kier molecular flexibility index (Phi) is 2.91. The average Bonchev–Trinajstić information content (AvgIpc) is 2.17. The highest BCUT2D eigenvalue weighted by Gasteiger charge is 2.34. The first kappa shape index (κ1) is 9.77. The summed E-state index contributed by atoms with van der Waals surface area (Å²) in [6.45, 7) is 4.29. The second-order valence-electron chi connectivity index (χ2n) is 4.21. The number of nitrogens with zero attached hydrogens (tertiary/aromatic N) is 2. The van der Waals surface area contributed by atoms with Crippen LogP contribution in [0.4, 0.5) is 4.79 Å². The van der Waals surface area contributed by atoms with Crippen molar-refractivity contribution in [3.05, 3.63) is 0 Å². The van der Waals surface area contributed by atoms with Crippen molar-refractivity contribution in [2.45, 2.75) is 25.3 Å². The van der Waals surface area contributed by atoms with Crippen LogP contribution >= 0.6 is 0 Å². The minimum atomic E-state index is 0.0678. The van der Waals surface area contributed by atoms with Crippen LogP contribution < -0.4 is 5.32 Å². The molecule has 0 saturated carbocycles. The van der Waals surface area contributed by atoms with Crippen LogP contribution in [0.3, 0.4) is 0 Å². The Hall–Kier alpha value is -0.770. The highest BCUT2D eigenvalue weighted by molar-refractivity contribution is 5.74. The molecule has 2 saturated heterocycles. The van der Waals surface area contributed by atoms with Gasteiger partial charge in [0.25, 0.3) is 0 Å². The Balaban J connectivity index is 1.73. The van der Waals surface area contributed by atoms with Gasteiger partial charge in [-0.2, -0.15) is 0 Å². The first-order valence-electron chi connectivity index (χ1n) is 5.52. The monoisotopic (exact) mass is 197 g/mol. The second kappa shape index (κ2) is 4.17. The molecule has 0 spiro atoms. The fourth-order valence-corrected chi connectivity index (χ4v) is 2.29. The van der Waals surface area contributed by atoms with Crippen LogP contribution in [0.2, 0.25) is 0 Å². The summed E-state index contributed by atoms with van der Waals surface area (Å²) in [5.41, 5.74) is 0. The van der Waals surface area contributed by atoms with Gasteiger partial charge in [-0.05, 0) is 25.9 Å². The number of amides is 2. The third-order valence-electron chi connectivity index (χ3n) is 3.27. The molecule has 0 bridgehead atoms. The number of likely N-dealkylation sites (tertiary alicyclic amines) is 2. The molecule has 2 heterocycles. The average molecular weight is 197 g/mol. The predicted octanol–water partition coefficient (Wildman–Crippen LogP) is 0.496. The van der Waals surface area contributed by atoms with Crippen molar-refractivity contribution in [3.63, 3.8) is 0 Å². The van der Waals surface area contributed by atoms with E-state index >= 15 is 0 Å². The molecule has 0 aromatic carbocycles. The van der Waals surface area contributed by atoms with Gasteiger partial charge < -0.3 is 10.2 Å². The lowest BCUT2D eigenvalue weighted by Gasteiger charge is -2.46. The largest absolute Gasteiger partial charge is 0.341 e. The summed E-state index contributed by atoms with van der Waals surface area (Å²) in [4.78, 5) is 15.6. The van der Waals surface area contributed by atoms with E-state index in [0.717, 1.165) is 13.1 Å². The topological polar surface area (TPSA) is 35.6 Å². The molecule has 2 rings (SSSR count). The molecule has 4 nitrogen and oxygen atoms in total. The second-order valence-corrected chi connectivity index (χ2v) is 4.21. The molecule has 2 aliphatic heterocycles. The maximum atomic E-state index is 11.2. The smallest absolute Gasteiger partial charge is 0.317 e. The van der Waals surface area contributed by atoms with Crippen molar-refractivity contribution in [3.8, 4) is 0 Å². The number of urea groups is 1. The van der Waals surface area contributed by atoms with Gasteiger partial charge in [-0.25, -0.2) is 4.79 Å². The fraction of sp³-hybridized carbons (Fsp3) is 0.900. The van der Waals surface area contributed by atoms with Crippen LogP contribution in [0, 0.1) is 0 Å². The summed E-state index contributed by atoms with van der Waals surface area (Å²) < 4.78 is 0. The summed E-state index contributed by atoms with van der Waals surface area (Å²) in [6, 6.07) is 0.700. The van der Waals surface area contributed by atoms with Crippen molar-refractivity contribution in [1.82, 2.24) is 15.1 Å². The lowest BCUT2D eigenvalue weighted by atomic mass is 10.0. The zero-order valence-electron chi connectivity index (χ0n) is 8.83. The van der Waals surface area contributed by atoms with Gasteiger partial charge in [0.05, 0.1) is 0 Å². The lowest BCUT2D eigenvalue weighted by molar-refractivity contribution is 0.0457. The van der Waals surface area contributed by atoms with Crippen molar-refractivity contribution in [2.24, 2.45) is 0 Å². The molecule has 14 heavy (non-hydrogen) atoms. The van der Waals surface area contributed by atoms with Crippen LogP contribution in [0.5, 0.6) is 0 Å². The molecule has 2 amide bonds. The Morgan fingerprint density at radius 1 is 1.21 bits per heavy atom. The quantitative estimate of drug-likeness (QED) is 0.664. The number of piperidine rings is 1. The summed E-state index contributed by atoms with van der Waals surface area (Å²) in [7, 11) is 1.69. The first-order chi connectivity index (χ1) is 6.81. The van der Waals surface area contributed by atoms with Crippen LogP contribution in [0.1, 0.15) is 19.3 Å². The van der Waals surface area contributed by atoms with Crippen LogP contribution in [0.15, 0.2) is 0 Å². The normalized spacial score (nSPS) is 24.5. The van der Waals surface area contributed by atoms with Crippen molar-refractivity contribution in [1.29, 1.82) is 0 Å². The Morgan fingerprint density at radius 2 is 1.86 bits per heavy atom. The number of rotatable bonds is 1. The van der Waals surface area contributed by atoms with Gasteiger partial charge in [0.15, 0.2) is 0 Å². The van der Waals surface area contributed by atoms with Gasteiger partial charge >= 0.3 is 6.03 Å². The summed E-state index contributed by atoms with van der Waals surface area (Å²) in [5, 5.41) is 2.66. The minimum Gasteiger partial charge on any atom is -0.341 e. The van der Waals surface area contributed by atoms with Crippen molar-refractivity contribution in [2.75, 3.05) is 33.2 Å². The lowest BCUT2D eigenvalue weighted by Crippen LogP contribution is -2.63. The Morgan fingerprint density at radius 3 is 2.43 bits per heavy atom. The van der Waals surface area contributed by atoms with E-state index in [4.69, 9.17) is 0 Å². The van der Waals surface area contributed by atoms with E-state index in [2.05, 4.69) is 10.2 Å². The zero-order valence-corrected chi connectivity index (χ0v) is 8.83. The molecule has 0 aliphatic carbocycles. The number of hydrogen-bond donors (Lipinski definition) is 1. The number of carbonyl (C=O) groups is 1. The SMILES string of the molecule is CNC(=O)N1CC(N2CCCCC2)C1. The zero-order chi connectivity index (χ0) is 9.97.